The third-order valence-corrected chi connectivity index (χ3v) is 4.82. The van der Waals surface area contributed by atoms with E-state index in [-0.39, 0.29) is 29.6 Å². The lowest BCUT2D eigenvalue weighted by atomic mass is 9.83. The monoisotopic (exact) mass is 354 g/mol. The molecule has 0 spiro atoms. The van der Waals surface area contributed by atoms with Crippen LogP contribution in [-0.2, 0) is 6.42 Å². The van der Waals surface area contributed by atoms with Gasteiger partial charge in [-0.25, -0.2) is 0 Å². The van der Waals surface area contributed by atoms with Crippen molar-refractivity contribution >= 4 is 11.7 Å². The molecule has 2 atom stereocenters. The van der Waals surface area contributed by atoms with Crippen molar-refractivity contribution in [3.8, 4) is 5.75 Å². The molecule has 6 heteroatoms. The number of nitrogens with two attached hydrogens (primary N) is 1. The van der Waals surface area contributed by atoms with Crippen LogP contribution in [0.2, 0.25) is 0 Å². The minimum atomic E-state index is -0.875. The number of carbonyl (C=O) groups excluding carboxylic acids is 2. The number of rotatable bonds is 6. The van der Waals surface area contributed by atoms with Crippen LogP contribution in [0.25, 0.3) is 0 Å². The van der Waals surface area contributed by atoms with Crippen LogP contribution in [0.4, 0.5) is 0 Å². The van der Waals surface area contributed by atoms with E-state index in [1.807, 2.05) is 24.3 Å². The number of nitrogens with one attached hydrogen (secondary N) is 1. The second-order valence-corrected chi connectivity index (χ2v) is 6.57. The molecule has 0 saturated heterocycles. The molecule has 1 aliphatic rings. The molecule has 0 bridgehead atoms. The highest BCUT2D eigenvalue weighted by atomic mass is 16.3. The van der Waals surface area contributed by atoms with Gasteiger partial charge in [0.05, 0.1) is 11.7 Å². The van der Waals surface area contributed by atoms with Gasteiger partial charge < -0.3 is 21.3 Å². The summed E-state index contributed by atoms with van der Waals surface area (Å²) < 4.78 is 0. The molecule has 0 aromatic heterocycles. The van der Waals surface area contributed by atoms with Gasteiger partial charge in [-0.3, -0.25) is 9.59 Å². The minimum Gasteiger partial charge on any atom is -0.507 e. The summed E-state index contributed by atoms with van der Waals surface area (Å²) in [6.07, 6.45) is 0.778. The maximum absolute atomic E-state index is 12.5. The Labute approximate surface area is 151 Å². The predicted octanol–water partition coefficient (Wildman–Crippen LogP) is 1.56. The third-order valence-electron chi connectivity index (χ3n) is 4.82. The summed E-state index contributed by atoms with van der Waals surface area (Å²) in [6, 6.07) is 11.9. The SMILES string of the molecule is NC(=O)c1cc(C(O)CNCC2CCc3ccccc3C2=O)ccc1O. The predicted molar refractivity (Wildman–Crippen MR) is 97.0 cm³/mol. The zero-order valence-corrected chi connectivity index (χ0v) is 14.3. The molecule has 0 aliphatic heterocycles. The number of ketones is 1. The molecule has 2 aromatic rings. The molecular weight excluding hydrogens is 332 g/mol. The second-order valence-electron chi connectivity index (χ2n) is 6.57. The van der Waals surface area contributed by atoms with E-state index < -0.39 is 12.0 Å². The van der Waals surface area contributed by atoms with Crippen molar-refractivity contribution in [2.75, 3.05) is 13.1 Å². The summed E-state index contributed by atoms with van der Waals surface area (Å²) in [5, 5.41) is 23.0. The van der Waals surface area contributed by atoms with Crippen molar-refractivity contribution in [3.63, 3.8) is 0 Å². The number of hydrogen-bond acceptors (Lipinski definition) is 5. The van der Waals surface area contributed by atoms with Gasteiger partial charge in [0.15, 0.2) is 5.78 Å². The van der Waals surface area contributed by atoms with Crippen LogP contribution in [0.15, 0.2) is 42.5 Å². The molecule has 2 unspecified atom stereocenters. The number of aliphatic hydroxyl groups excluding tert-OH is 1. The van der Waals surface area contributed by atoms with E-state index in [9.17, 15) is 19.8 Å². The summed E-state index contributed by atoms with van der Waals surface area (Å²) >= 11 is 0. The Morgan fingerprint density at radius 2 is 2.04 bits per heavy atom. The normalized spacial score (nSPS) is 17.6. The first kappa shape index (κ1) is 18.1. The lowest BCUT2D eigenvalue weighted by Crippen LogP contribution is -2.34. The van der Waals surface area contributed by atoms with Crippen molar-refractivity contribution in [1.29, 1.82) is 0 Å². The van der Waals surface area contributed by atoms with Crippen LogP contribution in [0.1, 0.15) is 44.4 Å². The highest BCUT2D eigenvalue weighted by molar-refractivity contribution is 6.00. The summed E-state index contributed by atoms with van der Waals surface area (Å²) in [7, 11) is 0. The molecular formula is C20H22N2O4. The van der Waals surface area contributed by atoms with Crippen molar-refractivity contribution in [2.24, 2.45) is 11.7 Å². The number of aliphatic hydroxyl groups is 1. The number of amides is 1. The number of aryl methyl sites for hydroxylation is 1. The Morgan fingerprint density at radius 1 is 1.27 bits per heavy atom. The lowest BCUT2D eigenvalue weighted by Gasteiger charge is -2.24. The maximum atomic E-state index is 12.5. The Balaban J connectivity index is 1.58. The summed E-state index contributed by atoms with van der Waals surface area (Å²) in [5.74, 6) is -0.948. The molecule has 3 rings (SSSR count). The highest BCUT2D eigenvalue weighted by Gasteiger charge is 2.26. The van der Waals surface area contributed by atoms with Crippen molar-refractivity contribution in [1.82, 2.24) is 5.32 Å². The fourth-order valence-electron chi connectivity index (χ4n) is 3.32. The van der Waals surface area contributed by atoms with Crippen LogP contribution < -0.4 is 11.1 Å². The molecule has 0 radical (unpaired) electrons. The van der Waals surface area contributed by atoms with Gasteiger partial charge in [-0.2, -0.15) is 0 Å². The average Bonchev–Trinajstić information content (AvgIpc) is 2.64. The zero-order chi connectivity index (χ0) is 18.7. The number of primary amides is 1. The van der Waals surface area contributed by atoms with Gasteiger partial charge in [0.2, 0.25) is 0 Å². The second kappa shape index (κ2) is 7.68. The highest BCUT2D eigenvalue weighted by Crippen LogP contribution is 2.25. The molecule has 1 aliphatic carbocycles. The Bertz CT molecular complexity index is 834. The van der Waals surface area contributed by atoms with Gasteiger partial charge in [0.25, 0.3) is 5.91 Å². The molecule has 1 amide bonds. The number of carbonyl (C=O) groups is 2. The molecule has 6 nitrogen and oxygen atoms in total. The lowest BCUT2D eigenvalue weighted by molar-refractivity contribution is 0.0894. The largest absolute Gasteiger partial charge is 0.507 e. The van der Waals surface area contributed by atoms with E-state index in [0.29, 0.717) is 12.1 Å². The number of hydrogen-bond donors (Lipinski definition) is 4. The van der Waals surface area contributed by atoms with E-state index in [4.69, 9.17) is 5.73 Å². The zero-order valence-electron chi connectivity index (χ0n) is 14.3. The van der Waals surface area contributed by atoms with Gasteiger partial charge in [0, 0.05) is 24.6 Å². The van der Waals surface area contributed by atoms with Crippen LogP contribution in [0.5, 0.6) is 5.75 Å². The Hall–Kier alpha value is -2.70. The van der Waals surface area contributed by atoms with Gasteiger partial charge in [-0.15, -0.1) is 0 Å². The fraction of sp³-hybridized carbons (Fsp3) is 0.300. The first-order valence-electron chi connectivity index (χ1n) is 8.61. The molecule has 0 fully saturated rings. The van der Waals surface area contributed by atoms with E-state index in [0.717, 1.165) is 24.0 Å². The number of benzene rings is 2. The number of aromatic hydroxyl groups is 1. The molecule has 0 heterocycles. The third kappa shape index (κ3) is 3.76. The van der Waals surface area contributed by atoms with E-state index in [2.05, 4.69) is 5.32 Å². The molecule has 26 heavy (non-hydrogen) atoms. The minimum absolute atomic E-state index is 0.0272. The van der Waals surface area contributed by atoms with E-state index in [1.54, 1.807) is 0 Å². The van der Waals surface area contributed by atoms with E-state index >= 15 is 0 Å². The number of fused-ring (bicyclic) bond motifs is 1. The molecule has 2 aromatic carbocycles. The summed E-state index contributed by atoms with van der Waals surface area (Å²) in [6.45, 7) is 0.708. The topological polar surface area (TPSA) is 113 Å². The standard InChI is InChI=1S/C20H22N2O4/c21-20(26)16-9-13(7-8-17(16)23)18(24)11-22-10-14-6-5-12-3-1-2-4-15(12)19(14)25/h1-4,7-9,14,18,22-24H,5-6,10-11H2,(H2,21,26). The van der Waals surface area contributed by atoms with Gasteiger partial charge in [-0.1, -0.05) is 30.3 Å². The van der Waals surface area contributed by atoms with Crippen molar-refractivity contribution < 1.29 is 19.8 Å². The van der Waals surface area contributed by atoms with Crippen LogP contribution in [-0.4, -0.2) is 35.0 Å². The van der Waals surface area contributed by atoms with Gasteiger partial charge in [0.1, 0.15) is 5.75 Å². The Morgan fingerprint density at radius 3 is 2.81 bits per heavy atom. The summed E-state index contributed by atoms with van der Waals surface area (Å²) in [4.78, 5) is 23.8. The van der Waals surface area contributed by atoms with Gasteiger partial charge >= 0.3 is 0 Å². The first-order valence-corrected chi connectivity index (χ1v) is 8.61. The van der Waals surface area contributed by atoms with Gasteiger partial charge in [-0.05, 0) is 36.1 Å². The Kier molecular flexibility index (Phi) is 5.35. The van der Waals surface area contributed by atoms with Crippen molar-refractivity contribution in [2.45, 2.75) is 18.9 Å². The summed E-state index contributed by atoms with van der Waals surface area (Å²) in [5.41, 5.74) is 7.53. The van der Waals surface area contributed by atoms with Crippen LogP contribution in [0.3, 0.4) is 0 Å². The molecule has 0 saturated carbocycles. The first-order chi connectivity index (χ1) is 12.5. The molecule has 136 valence electrons. The average molecular weight is 354 g/mol. The number of phenols is 1. The smallest absolute Gasteiger partial charge is 0.252 e. The van der Waals surface area contributed by atoms with Crippen molar-refractivity contribution in [3.05, 3.63) is 64.7 Å². The molecule has 5 N–H and O–H groups in total. The maximum Gasteiger partial charge on any atom is 0.252 e. The van der Waals surface area contributed by atoms with Crippen LogP contribution in [0, 0.1) is 5.92 Å². The number of Topliss-reactive ketones (excluding diaryl/α,β-unsaturated/α-hetero) is 1. The van der Waals surface area contributed by atoms with E-state index in [1.165, 1.54) is 18.2 Å². The van der Waals surface area contributed by atoms with Crippen LogP contribution >= 0.6 is 0 Å². The quantitative estimate of drug-likeness (QED) is 0.629. The fourth-order valence-corrected chi connectivity index (χ4v) is 3.32.